The molecule has 2 aromatic heterocycles. The molecule has 0 bridgehead atoms. The van der Waals surface area contributed by atoms with E-state index in [1.807, 2.05) is 26.0 Å². The number of nitrogens with zero attached hydrogens (tertiary/aromatic N) is 3. The molecule has 1 aliphatic rings. The number of carboxylic acids is 1. The number of alkyl halides is 3. The van der Waals surface area contributed by atoms with Crippen LogP contribution in [0.3, 0.4) is 0 Å². The number of rotatable bonds is 5. The molecule has 2 aromatic carbocycles. The van der Waals surface area contributed by atoms with Gasteiger partial charge < -0.3 is 25.6 Å². The summed E-state index contributed by atoms with van der Waals surface area (Å²) in [5.41, 5.74) is 14.4. The topological polar surface area (TPSA) is 116 Å². The van der Waals surface area contributed by atoms with Crippen LogP contribution >= 0.6 is 11.6 Å². The molecule has 4 aromatic rings. The van der Waals surface area contributed by atoms with Crippen molar-refractivity contribution >= 4 is 45.8 Å². The molecule has 0 unspecified atom stereocenters. The summed E-state index contributed by atoms with van der Waals surface area (Å²) in [5, 5.41) is 8.69. The van der Waals surface area contributed by atoms with Crippen molar-refractivity contribution < 1.29 is 27.9 Å². The van der Waals surface area contributed by atoms with Gasteiger partial charge in [0.05, 0.1) is 10.7 Å². The van der Waals surface area contributed by atoms with E-state index < -0.39 is 18.1 Å². The van der Waals surface area contributed by atoms with Crippen LogP contribution in [-0.2, 0) is 9.59 Å². The fourth-order valence-electron chi connectivity index (χ4n) is 4.93. The Hall–Kier alpha value is -4.35. The van der Waals surface area contributed by atoms with E-state index in [0.717, 1.165) is 76.3 Å². The van der Waals surface area contributed by atoms with Gasteiger partial charge in [-0.2, -0.15) is 13.2 Å². The molecule has 0 aliphatic carbocycles. The van der Waals surface area contributed by atoms with Gasteiger partial charge in [0, 0.05) is 54.6 Å². The zero-order chi connectivity index (χ0) is 31.6. The van der Waals surface area contributed by atoms with Crippen molar-refractivity contribution in [2.75, 3.05) is 38.1 Å². The summed E-state index contributed by atoms with van der Waals surface area (Å²) >= 11 is 6.51. The number of carbonyl (C=O) groups is 2. The monoisotopic (exact) mass is 613 g/mol. The van der Waals surface area contributed by atoms with E-state index in [2.05, 4.69) is 63.7 Å². The van der Waals surface area contributed by atoms with E-state index >= 15 is 0 Å². The second-order valence-corrected chi connectivity index (χ2v) is 10.7. The molecule has 5 rings (SSSR count). The third-order valence-corrected chi connectivity index (χ3v) is 7.82. The highest BCUT2D eigenvalue weighted by molar-refractivity contribution is 6.32. The minimum absolute atomic E-state index is 0.292. The van der Waals surface area contributed by atoms with Crippen molar-refractivity contribution in [3.8, 4) is 22.4 Å². The number of halogens is 4. The number of aromatic amines is 1. The number of benzene rings is 2. The summed E-state index contributed by atoms with van der Waals surface area (Å²) < 4.78 is 31.7. The number of H-pyrrole nitrogens is 1. The molecule has 43 heavy (non-hydrogen) atoms. The van der Waals surface area contributed by atoms with Gasteiger partial charge in [-0.05, 0) is 66.9 Å². The smallest absolute Gasteiger partial charge is 0.475 e. The first-order valence-electron chi connectivity index (χ1n) is 13.3. The van der Waals surface area contributed by atoms with E-state index in [-0.39, 0.29) is 0 Å². The molecule has 1 aliphatic heterocycles. The highest BCUT2D eigenvalue weighted by atomic mass is 35.5. The summed E-state index contributed by atoms with van der Waals surface area (Å²) in [6, 6.07) is 14.7. The Morgan fingerprint density at radius 1 is 1.05 bits per heavy atom. The van der Waals surface area contributed by atoms with Crippen molar-refractivity contribution in [3.63, 3.8) is 0 Å². The molecule has 0 saturated carbocycles. The quantitative estimate of drug-likeness (QED) is 0.236. The number of nitrogens with two attached hydrogens (primary N) is 1. The molecule has 4 N–H and O–H groups in total. The predicted octanol–water partition coefficient (Wildman–Crippen LogP) is 6.05. The zero-order valence-electron chi connectivity index (χ0n) is 23.8. The number of primary amides is 1. The van der Waals surface area contributed by atoms with Crippen molar-refractivity contribution in [3.05, 3.63) is 77.0 Å². The van der Waals surface area contributed by atoms with Gasteiger partial charge in [0.1, 0.15) is 5.65 Å². The highest BCUT2D eigenvalue weighted by Gasteiger charge is 2.38. The average Bonchev–Trinajstić information content (AvgIpc) is 3.35. The van der Waals surface area contributed by atoms with Crippen LogP contribution in [0.25, 0.3) is 39.0 Å². The number of aromatic nitrogens is 2. The van der Waals surface area contributed by atoms with Crippen LogP contribution in [-0.4, -0.2) is 71.3 Å². The van der Waals surface area contributed by atoms with Crippen LogP contribution in [0.5, 0.6) is 0 Å². The summed E-state index contributed by atoms with van der Waals surface area (Å²) in [4.78, 5) is 33.7. The van der Waals surface area contributed by atoms with Gasteiger partial charge in [0.2, 0.25) is 5.91 Å². The molecule has 0 spiro atoms. The van der Waals surface area contributed by atoms with Gasteiger partial charge in [-0.25, -0.2) is 9.78 Å². The van der Waals surface area contributed by atoms with E-state index in [9.17, 15) is 18.0 Å². The maximum atomic E-state index is 11.9. The van der Waals surface area contributed by atoms with Crippen molar-refractivity contribution in [1.82, 2.24) is 14.9 Å². The fourth-order valence-corrected chi connectivity index (χ4v) is 5.07. The standard InChI is InChI=1S/C29H30ClN5O.C2HF3O2/c1-17-5-6-21(15-23(17)18(2)28(31)36)26-25-19(3)24(30)16-32-29(25)33-27(26)20-7-9-22(10-8-20)35-13-11-34(4)12-14-35;3-2(4,5)1(6)7/h5-10,15-16H,2,11-14H2,1,3-4H3,(H2,31,36)(H,32,33);(H,6,7). The van der Waals surface area contributed by atoms with Crippen LogP contribution in [0.4, 0.5) is 18.9 Å². The Kier molecular flexibility index (Phi) is 9.17. The summed E-state index contributed by atoms with van der Waals surface area (Å²) in [7, 11) is 2.16. The Balaban J connectivity index is 0.000000541. The SMILES string of the molecule is C=C(C(N)=O)c1cc(-c2c(-c3ccc(N4CCN(C)CC4)cc3)[nH]c3ncc(Cl)c(C)c23)ccc1C.O=C(O)C(F)(F)F. The number of hydrogen-bond acceptors (Lipinski definition) is 5. The summed E-state index contributed by atoms with van der Waals surface area (Å²) in [6.45, 7) is 12.0. The predicted molar refractivity (Wildman–Crippen MR) is 163 cm³/mol. The molecule has 0 atom stereocenters. The normalized spacial score (nSPS) is 13.9. The lowest BCUT2D eigenvalue weighted by atomic mass is 9.92. The molecular formula is C31H31ClF3N5O3. The van der Waals surface area contributed by atoms with E-state index in [4.69, 9.17) is 27.2 Å². The maximum Gasteiger partial charge on any atom is 0.490 e. The Morgan fingerprint density at radius 2 is 1.63 bits per heavy atom. The van der Waals surface area contributed by atoms with E-state index in [0.29, 0.717) is 10.6 Å². The minimum atomic E-state index is -5.08. The van der Waals surface area contributed by atoms with Crippen molar-refractivity contribution in [2.45, 2.75) is 20.0 Å². The largest absolute Gasteiger partial charge is 0.490 e. The second-order valence-electron chi connectivity index (χ2n) is 10.3. The van der Waals surface area contributed by atoms with E-state index in [1.165, 1.54) is 5.69 Å². The number of anilines is 1. The zero-order valence-corrected chi connectivity index (χ0v) is 24.6. The summed E-state index contributed by atoms with van der Waals surface area (Å²) in [5.74, 6) is -3.29. The van der Waals surface area contributed by atoms with Crippen LogP contribution in [0.2, 0.25) is 5.02 Å². The number of likely N-dealkylation sites (N-methyl/N-ethyl adjacent to an activating group) is 1. The minimum Gasteiger partial charge on any atom is -0.475 e. The van der Waals surface area contributed by atoms with Crippen LogP contribution in [0.15, 0.2) is 55.2 Å². The number of carboxylic acid groups (broad SMARTS) is 1. The first-order chi connectivity index (χ1) is 20.2. The molecule has 8 nitrogen and oxygen atoms in total. The number of pyridine rings is 1. The molecule has 1 saturated heterocycles. The lowest BCUT2D eigenvalue weighted by molar-refractivity contribution is -0.192. The molecule has 12 heteroatoms. The Bertz CT molecular complexity index is 1690. The molecule has 226 valence electrons. The molecular weight excluding hydrogens is 583 g/mol. The first-order valence-corrected chi connectivity index (χ1v) is 13.7. The third-order valence-electron chi connectivity index (χ3n) is 7.44. The van der Waals surface area contributed by atoms with Crippen LogP contribution in [0.1, 0.15) is 16.7 Å². The van der Waals surface area contributed by atoms with E-state index in [1.54, 1.807) is 6.20 Å². The lowest BCUT2D eigenvalue weighted by Crippen LogP contribution is -2.44. The molecule has 1 fully saturated rings. The second kappa shape index (κ2) is 12.5. The number of aliphatic carboxylic acids is 1. The Labute approximate surface area is 251 Å². The highest BCUT2D eigenvalue weighted by Crippen LogP contribution is 2.42. The van der Waals surface area contributed by atoms with Gasteiger partial charge in [-0.1, -0.05) is 42.4 Å². The number of amides is 1. The van der Waals surface area contributed by atoms with Crippen molar-refractivity contribution in [2.24, 2.45) is 5.73 Å². The molecule has 0 radical (unpaired) electrons. The fraction of sp³-hybridized carbons (Fsp3) is 0.258. The van der Waals surface area contributed by atoms with Gasteiger partial charge in [-0.15, -0.1) is 0 Å². The Morgan fingerprint density at radius 3 is 2.19 bits per heavy atom. The maximum absolute atomic E-state index is 11.9. The first kappa shape index (κ1) is 31.6. The summed E-state index contributed by atoms with van der Waals surface area (Å²) in [6.07, 6.45) is -3.41. The number of aryl methyl sites for hydroxylation is 2. The number of carbonyl (C=O) groups excluding carboxylic acids is 1. The number of hydrogen-bond donors (Lipinski definition) is 3. The van der Waals surface area contributed by atoms with Crippen LogP contribution < -0.4 is 10.6 Å². The van der Waals surface area contributed by atoms with Crippen LogP contribution in [0, 0.1) is 13.8 Å². The number of piperazine rings is 1. The van der Waals surface area contributed by atoms with Gasteiger partial charge in [0.25, 0.3) is 0 Å². The lowest BCUT2D eigenvalue weighted by Gasteiger charge is -2.34. The van der Waals surface area contributed by atoms with Gasteiger partial charge >= 0.3 is 12.1 Å². The molecule has 3 heterocycles. The van der Waals surface area contributed by atoms with Crippen molar-refractivity contribution in [1.29, 1.82) is 0 Å². The molecule has 1 amide bonds. The van der Waals surface area contributed by atoms with Gasteiger partial charge in [0.15, 0.2) is 0 Å². The number of nitrogens with one attached hydrogen (secondary N) is 1. The van der Waals surface area contributed by atoms with Gasteiger partial charge in [-0.3, -0.25) is 4.79 Å². The number of fused-ring (bicyclic) bond motifs is 1. The third kappa shape index (κ3) is 6.84. The average molecular weight is 614 g/mol.